The van der Waals surface area contributed by atoms with Crippen molar-refractivity contribution < 1.29 is 43.2 Å². The number of fused-ring (bicyclic) bond motifs is 1. The predicted octanol–water partition coefficient (Wildman–Crippen LogP) is 2.20. The van der Waals surface area contributed by atoms with E-state index in [9.17, 15) is 19.5 Å². The number of carbonyl (C=O) groups is 3. The topological polar surface area (TPSA) is 168 Å². The van der Waals surface area contributed by atoms with Crippen LogP contribution in [0.2, 0.25) is 0 Å². The number of Topliss-reactive ketones (excluding diaryl/α,β-unsaturated/α-hetero) is 1. The molecule has 3 aliphatic rings. The van der Waals surface area contributed by atoms with Gasteiger partial charge in [0.15, 0.2) is 17.7 Å². The van der Waals surface area contributed by atoms with Crippen molar-refractivity contribution in [3.05, 3.63) is 12.7 Å². The lowest BCUT2D eigenvalue weighted by Gasteiger charge is -2.45. The van der Waals surface area contributed by atoms with Crippen LogP contribution in [0.15, 0.2) is 12.7 Å². The molecule has 5 N–H and O–H groups in total. The number of ketones is 1. The molecule has 3 heterocycles. The van der Waals surface area contributed by atoms with E-state index in [1.807, 2.05) is 34.6 Å². The zero-order chi connectivity index (χ0) is 32.3. The number of amides is 1. The third kappa shape index (κ3) is 7.77. The van der Waals surface area contributed by atoms with Crippen LogP contribution >= 0.6 is 0 Å². The van der Waals surface area contributed by atoms with E-state index in [0.29, 0.717) is 25.8 Å². The SMILES string of the molecule is C=CCO[C@]1(C)C[C@@H](C)CN[C@H](C)[C@H]2NC(=O)O[C@]2(C)[C@@H](CC)OC(=O)C(C)C(=O)[C@H](C)C1O[C@@H]1OC(C)CC(N)C1O. The summed E-state index contributed by atoms with van der Waals surface area (Å²) in [6, 6.07) is -1.33. The van der Waals surface area contributed by atoms with Crippen molar-refractivity contribution >= 4 is 17.8 Å². The summed E-state index contributed by atoms with van der Waals surface area (Å²) in [5, 5.41) is 17.3. The molecular formula is C31H53N3O9. The van der Waals surface area contributed by atoms with E-state index in [2.05, 4.69) is 17.2 Å². The highest BCUT2D eigenvalue weighted by atomic mass is 16.7. The fourth-order valence-corrected chi connectivity index (χ4v) is 6.87. The highest BCUT2D eigenvalue weighted by molar-refractivity contribution is 6.00. The second kappa shape index (κ2) is 14.3. The fraction of sp³-hybridized carbons (Fsp3) is 0.839. The summed E-state index contributed by atoms with van der Waals surface area (Å²) in [7, 11) is 0. The summed E-state index contributed by atoms with van der Waals surface area (Å²) < 4.78 is 30.5. The van der Waals surface area contributed by atoms with Gasteiger partial charge in [0.1, 0.15) is 18.1 Å². The lowest BCUT2D eigenvalue weighted by atomic mass is 9.78. The van der Waals surface area contributed by atoms with Crippen LogP contribution in [0.4, 0.5) is 4.79 Å². The average molecular weight is 612 g/mol. The van der Waals surface area contributed by atoms with E-state index in [0.717, 1.165) is 0 Å². The maximum Gasteiger partial charge on any atom is 0.408 e. The first kappa shape index (κ1) is 35.4. The van der Waals surface area contributed by atoms with Crippen LogP contribution in [0.5, 0.6) is 0 Å². The first-order valence-corrected chi connectivity index (χ1v) is 15.5. The number of ether oxygens (including phenoxy) is 5. The molecule has 12 nitrogen and oxygen atoms in total. The standard InChI is InChI=1S/C31H53N3O9/c1-10-12-39-30(8)14-16(3)15-33-20(7)25-31(9,43-29(38)34-25)22(11-2)41-27(37)19(6)23(35)18(5)26(30)42-28-24(36)21(32)13-17(4)40-28/h10,16-22,24-26,28,33,36H,1,11-15,32H2,2-9H3,(H,34,38)/t16-,17?,18+,19?,20-,21?,22-,24?,25-,26?,28+,30-,31-/m1/s1. The van der Waals surface area contributed by atoms with Crippen LogP contribution in [-0.4, -0.2) is 96.1 Å². The monoisotopic (exact) mass is 611 g/mol. The van der Waals surface area contributed by atoms with Crippen LogP contribution in [0.25, 0.3) is 0 Å². The van der Waals surface area contributed by atoms with Gasteiger partial charge in [-0.2, -0.15) is 0 Å². The Bertz CT molecular complexity index is 1010. The van der Waals surface area contributed by atoms with Gasteiger partial charge in [0, 0.05) is 18.0 Å². The zero-order valence-electron chi connectivity index (χ0n) is 27.0. The summed E-state index contributed by atoms with van der Waals surface area (Å²) in [5.41, 5.74) is 3.96. The molecule has 3 fully saturated rings. The normalized spacial score (nSPS) is 45.2. The van der Waals surface area contributed by atoms with Gasteiger partial charge in [0.2, 0.25) is 0 Å². The molecule has 3 rings (SSSR count). The number of rotatable bonds is 6. The van der Waals surface area contributed by atoms with Crippen molar-refractivity contribution in [3.63, 3.8) is 0 Å². The average Bonchev–Trinajstić information content (AvgIpc) is 3.27. The quantitative estimate of drug-likeness (QED) is 0.197. The molecule has 3 aliphatic heterocycles. The van der Waals surface area contributed by atoms with Crippen molar-refractivity contribution in [3.8, 4) is 0 Å². The molecule has 12 heteroatoms. The van der Waals surface area contributed by atoms with E-state index < -0.39 is 77.6 Å². The van der Waals surface area contributed by atoms with Gasteiger partial charge in [0.05, 0.1) is 30.5 Å². The maximum absolute atomic E-state index is 14.0. The second-order valence-electron chi connectivity index (χ2n) is 13.1. The number of cyclic esters (lactones) is 1. The van der Waals surface area contributed by atoms with E-state index in [1.54, 1.807) is 19.9 Å². The van der Waals surface area contributed by atoms with E-state index >= 15 is 0 Å². The Labute approximate surface area is 255 Å². The summed E-state index contributed by atoms with van der Waals surface area (Å²) in [6.07, 6.45) is -1.95. The van der Waals surface area contributed by atoms with Crippen LogP contribution in [0, 0.1) is 17.8 Å². The van der Waals surface area contributed by atoms with Gasteiger partial charge in [0.25, 0.3) is 0 Å². The summed E-state index contributed by atoms with van der Waals surface area (Å²) in [6.45, 7) is 19.0. The number of esters is 1. The number of nitrogens with two attached hydrogens (primary N) is 1. The minimum atomic E-state index is -1.16. The summed E-state index contributed by atoms with van der Waals surface area (Å²) >= 11 is 0. The highest BCUT2D eigenvalue weighted by Gasteiger charge is 2.55. The van der Waals surface area contributed by atoms with Gasteiger partial charge in [-0.25, -0.2) is 4.79 Å². The van der Waals surface area contributed by atoms with Crippen molar-refractivity contribution in [2.24, 2.45) is 23.5 Å². The third-order valence-electron chi connectivity index (χ3n) is 9.30. The Morgan fingerprint density at radius 1 is 1.16 bits per heavy atom. The Morgan fingerprint density at radius 2 is 1.84 bits per heavy atom. The lowest BCUT2D eigenvalue weighted by molar-refractivity contribution is -0.290. The van der Waals surface area contributed by atoms with Gasteiger partial charge >= 0.3 is 12.1 Å². The van der Waals surface area contributed by atoms with Crippen LogP contribution < -0.4 is 16.4 Å². The number of carbonyl (C=O) groups excluding carboxylic acids is 3. The molecule has 0 aromatic heterocycles. The molecule has 43 heavy (non-hydrogen) atoms. The first-order chi connectivity index (χ1) is 20.1. The molecule has 0 aromatic rings. The van der Waals surface area contributed by atoms with Crippen LogP contribution in [0.1, 0.15) is 74.7 Å². The Morgan fingerprint density at radius 3 is 2.47 bits per heavy atom. The Hall–Kier alpha value is -2.09. The molecule has 5 unspecified atom stereocenters. The zero-order valence-corrected chi connectivity index (χ0v) is 27.0. The molecule has 0 saturated carbocycles. The van der Waals surface area contributed by atoms with Crippen molar-refractivity contribution in [1.82, 2.24) is 10.6 Å². The van der Waals surface area contributed by atoms with Crippen LogP contribution in [0.3, 0.4) is 0 Å². The van der Waals surface area contributed by atoms with Crippen molar-refractivity contribution in [2.75, 3.05) is 13.2 Å². The Balaban J connectivity index is 2.06. The first-order valence-electron chi connectivity index (χ1n) is 15.5. The molecule has 0 aromatic carbocycles. The predicted molar refractivity (Wildman–Crippen MR) is 159 cm³/mol. The van der Waals surface area contributed by atoms with Crippen LogP contribution in [-0.2, 0) is 33.3 Å². The second-order valence-corrected chi connectivity index (χ2v) is 13.1. The minimum absolute atomic E-state index is 0.00395. The molecule has 0 radical (unpaired) electrons. The van der Waals surface area contributed by atoms with Gasteiger partial charge in [-0.15, -0.1) is 6.58 Å². The summed E-state index contributed by atoms with van der Waals surface area (Å²) in [5.74, 6) is -3.19. The van der Waals surface area contributed by atoms with Gasteiger partial charge < -0.3 is 45.2 Å². The fourth-order valence-electron chi connectivity index (χ4n) is 6.87. The lowest BCUT2D eigenvalue weighted by Crippen LogP contribution is -2.60. The minimum Gasteiger partial charge on any atom is -0.458 e. The molecular weight excluding hydrogens is 558 g/mol. The highest BCUT2D eigenvalue weighted by Crippen LogP contribution is 2.37. The molecule has 0 spiro atoms. The number of aliphatic hydroxyl groups is 1. The van der Waals surface area contributed by atoms with E-state index in [-0.39, 0.29) is 24.7 Å². The smallest absolute Gasteiger partial charge is 0.408 e. The van der Waals surface area contributed by atoms with Gasteiger partial charge in [-0.1, -0.05) is 26.8 Å². The van der Waals surface area contributed by atoms with E-state index in [1.165, 1.54) is 6.92 Å². The molecule has 0 aliphatic carbocycles. The van der Waals surface area contributed by atoms with Gasteiger partial charge in [-0.05, 0) is 66.3 Å². The Kier molecular flexibility index (Phi) is 11.8. The number of hydrogen-bond acceptors (Lipinski definition) is 11. The van der Waals surface area contributed by atoms with Crippen molar-refractivity contribution in [2.45, 2.75) is 135 Å². The number of nitrogens with one attached hydrogen (secondary N) is 2. The largest absolute Gasteiger partial charge is 0.458 e. The molecule has 246 valence electrons. The number of hydrogen-bond donors (Lipinski definition) is 4. The molecule has 3 saturated heterocycles. The molecule has 13 atom stereocenters. The number of alkyl carbamates (subject to hydrolysis) is 1. The van der Waals surface area contributed by atoms with Gasteiger partial charge in [-0.3, -0.25) is 9.59 Å². The number of aliphatic hydroxyl groups excluding tert-OH is 1. The van der Waals surface area contributed by atoms with Crippen molar-refractivity contribution in [1.29, 1.82) is 0 Å². The third-order valence-corrected chi connectivity index (χ3v) is 9.30. The maximum atomic E-state index is 14.0. The van der Waals surface area contributed by atoms with E-state index in [4.69, 9.17) is 29.4 Å². The molecule has 0 bridgehead atoms. The summed E-state index contributed by atoms with van der Waals surface area (Å²) in [4.78, 5) is 39.9. The molecule has 1 amide bonds.